The summed E-state index contributed by atoms with van der Waals surface area (Å²) in [5.41, 5.74) is 4.40. The largest absolute Gasteiger partial charge is 0.335 e. The smallest absolute Gasteiger partial charge is 0.177 e. The second-order valence-electron chi connectivity index (χ2n) is 5.69. The van der Waals surface area contributed by atoms with Crippen LogP contribution in [0.4, 0.5) is 4.39 Å². The number of benzene rings is 2. The van der Waals surface area contributed by atoms with Crippen molar-refractivity contribution in [3.8, 4) is 11.4 Å². The van der Waals surface area contributed by atoms with E-state index in [-0.39, 0.29) is 5.82 Å². The van der Waals surface area contributed by atoms with Crippen LogP contribution in [0.15, 0.2) is 53.3 Å². The van der Waals surface area contributed by atoms with Gasteiger partial charge in [-0.05, 0) is 40.1 Å². The van der Waals surface area contributed by atoms with Crippen LogP contribution in [-0.4, -0.2) is 30.1 Å². The number of hydrogen-bond acceptors (Lipinski definition) is 5. The molecule has 8 heteroatoms. The van der Waals surface area contributed by atoms with Crippen LogP contribution in [0.1, 0.15) is 5.56 Å². The van der Waals surface area contributed by atoms with Crippen molar-refractivity contribution in [1.82, 2.24) is 30.1 Å². The van der Waals surface area contributed by atoms with Gasteiger partial charge < -0.3 is 4.98 Å². The summed E-state index contributed by atoms with van der Waals surface area (Å²) in [6.45, 7) is 0.432. The number of fused-ring (bicyclic) bond motifs is 2. The third-order valence-electron chi connectivity index (χ3n) is 4.04. The molecule has 2 aromatic carbocycles. The summed E-state index contributed by atoms with van der Waals surface area (Å²) in [5, 5.41) is 12.1. The Labute approximate surface area is 140 Å². The van der Waals surface area contributed by atoms with Gasteiger partial charge in [-0.3, -0.25) is 0 Å². The Kier molecular flexibility index (Phi) is 2.90. The minimum Gasteiger partial charge on any atom is -0.335 e. The summed E-state index contributed by atoms with van der Waals surface area (Å²) in [6.07, 6.45) is 1.70. The van der Waals surface area contributed by atoms with Gasteiger partial charge >= 0.3 is 0 Å². The Balaban J connectivity index is 1.59. The van der Waals surface area contributed by atoms with Gasteiger partial charge in [-0.2, -0.15) is 5.10 Å². The zero-order valence-corrected chi connectivity index (χ0v) is 12.8. The lowest BCUT2D eigenvalue weighted by molar-refractivity contribution is 0.315. The van der Waals surface area contributed by atoms with Gasteiger partial charge in [-0.15, -0.1) is 0 Å². The number of H-pyrrole nitrogens is 1. The average molecular weight is 334 g/mol. The molecule has 0 amide bonds. The Morgan fingerprint density at radius 1 is 1.12 bits per heavy atom. The van der Waals surface area contributed by atoms with Crippen molar-refractivity contribution in [1.29, 1.82) is 0 Å². The van der Waals surface area contributed by atoms with Crippen molar-refractivity contribution >= 4 is 22.2 Å². The monoisotopic (exact) mass is 334 g/mol. The van der Waals surface area contributed by atoms with Crippen molar-refractivity contribution in [2.24, 2.45) is 0 Å². The van der Waals surface area contributed by atoms with Crippen LogP contribution in [0.25, 0.3) is 33.6 Å². The first-order valence-corrected chi connectivity index (χ1v) is 7.65. The number of aromatic nitrogens is 6. The zero-order chi connectivity index (χ0) is 16.8. The van der Waals surface area contributed by atoms with E-state index in [4.69, 9.17) is 4.63 Å². The lowest BCUT2D eigenvalue weighted by Crippen LogP contribution is -2.02. The van der Waals surface area contributed by atoms with Gasteiger partial charge in [0.05, 0.1) is 12.7 Å². The van der Waals surface area contributed by atoms with E-state index in [0.29, 0.717) is 29.0 Å². The van der Waals surface area contributed by atoms with Gasteiger partial charge in [-0.25, -0.2) is 18.7 Å². The van der Waals surface area contributed by atoms with Gasteiger partial charge in [0.25, 0.3) is 0 Å². The predicted molar refractivity (Wildman–Crippen MR) is 88.2 cm³/mol. The van der Waals surface area contributed by atoms with E-state index in [1.807, 2.05) is 24.3 Å². The Morgan fingerprint density at radius 3 is 2.96 bits per heavy atom. The molecule has 0 aliphatic rings. The molecule has 0 bridgehead atoms. The van der Waals surface area contributed by atoms with Crippen molar-refractivity contribution < 1.29 is 9.02 Å². The van der Waals surface area contributed by atoms with E-state index in [0.717, 1.165) is 16.6 Å². The molecule has 1 N–H and O–H groups in total. The van der Waals surface area contributed by atoms with Gasteiger partial charge in [0.2, 0.25) is 0 Å². The highest BCUT2D eigenvalue weighted by molar-refractivity contribution is 5.90. The minimum absolute atomic E-state index is 0.270. The van der Waals surface area contributed by atoms with Crippen LogP contribution in [0.3, 0.4) is 0 Å². The van der Waals surface area contributed by atoms with Crippen molar-refractivity contribution in [2.75, 3.05) is 0 Å². The fraction of sp³-hybridized carbons (Fsp3) is 0.0588. The first-order valence-electron chi connectivity index (χ1n) is 7.65. The van der Waals surface area contributed by atoms with E-state index >= 15 is 0 Å². The molecule has 0 saturated carbocycles. The van der Waals surface area contributed by atoms with Crippen LogP contribution in [0.5, 0.6) is 0 Å². The topological polar surface area (TPSA) is 85.4 Å². The molecular weight excluding hydrogens is 323 g/mol. The maximum atomic E-state index is 13.4. The van der Waals surface area contributed by atoms with Crippen LogP contribution >= 0.6 is 0 Å². The van der Waals surface area contributed by atoms with E-state index in [2.05, 4.69) is 25.4 Å². The molecule has 0 aliphatic heterocycles. The van der Waals surface area contributed by atoms with Crippen molar-refractivity contribution in [2.45, 2.75) is 6.54 Å². The summed E-state index contributed by atoms with van der Waals surface area (Å²) in [5.74, 6) is 0.385. The van der Waals surface area contributed by atoms with Crippen molar-refractivity contribution in [3.63, 3.8) is 0 Å². The molecule has 25 heavy (non-hydrogen) atoms. The highest BCUT2D eigenvalue weighted by Gasteiger charge is 2.15. The fourth-order valence-corrected chi connectivity index (χ4v) is 2.90. The second-order valence-corrected chi connectivity index (χ2v) is 5.69. The molecule has 0 radical (unpaired) electrons. The normalized spacial score (nSPS) is 11.6. The Morgan fingerprint density at radius 2 is 2.04 bits per heavy atom. The maximum absolute atomic E-state index is 13.4. The van der Waals surface area contributed by atoms with Crippen LogP contribution in [-0.2, 0) is 6.54 Å². The molecule has 3 heterocycles. The van der Waals surface area contributed by atoms with Gasteiger partial charge in [-0.1, -0.05) is 18.2 Å². The Bertz CT molecular complexity index is 1200. The zero-order valence-electron chi connectivity index (χ0n) is 12.8. The van der Waals surface area contributed by atoms with Gasteiger partial charge in [0.1, 0.15) is 28.2 Å². The lowest BCUT2D eigenvalue weighted by Gasteiger charge is -2.02. The van der Waals surface area contributed by atoms with E-state index in [1.54, 1.807) is 16.9 Å². The molecule has 0 fully saturated rings. The quantitative estimate of drug-likeness (QED) is 0.548. The molecule has 0 unspecified atom stereocenters. The summed E-state index contributed by atoms with van der Waals surface area (Å²) in [4.78, 5) is 7.87. The molecule has 5 aromatic rings. The number of rotatable bonds is 3. The van der Waals surface area contributed by atoms with E-state index in [9.17, 15) is 4.39 Å². The fourth-order valence-electron chi connectivity index (χ4n) is 2.90. The van der Waals surface area contributed by atoms with Crippen LogP contribution in [0.2, 0.25) is 0 Å². The molecule has 7 nitrogen and oxygen atoms in total. The van der Waals surface area contributed by atoms with Crippen LogP contribution < -0.4 is 0 Å². The first kappa shape index (κ1) is 13.8. The summed E-state index contributed by atoms with van der Waals surface area (Å²) >= 11 is 0. The minimum atomic E-state index is -0.270. The number of nitrogens with one attached hydrogen (secondary N) is 1. The second kappa shape index (κ2) is 5.23. The highest BCUT2D eigenvalue weighted by Crippen LogP contribution is 2.26. The molecule has 0 atom stereocenters. The molecule has 3 aromatic heterocycles. The third-order valence-corrected chi connectivity index (χ3v) is 4.04. The molecule has 122 valence electrons. The van der Waals surface area contributed by atoms with Crippen LogP contribution in [0, 0.1) is 5.82 Å². The standard InChI is InChI=1S/C17H11FN6O/c18-11-4-1-3-10(7-11)9-24-17-14(8-19-24)20-16(21-17)12-5-2-6-13-15(12)23-25-22-13/h1-8H,9H2,(H,20,21). The number of nitrogens with zero attached hydrogens (tertiary/aromatic N) is 5. The SMILES string of the molecule is Fc1cccc(Cn2ncc3[nH]c(-c4cccc5nonc45)nc32)c1. The molecule has 0 spiro atoms. The van der Waals surface area contributed by atoms with Crippen molar-refractivity contribution in [3.05, 3.63) is 60.0 Å². The van der Waals surface area contributed by atoms with E-state index in [1.165, 1.54) is 12.1 Å². The summed E-state index contributed by atoms with van der Waals surface area (Å²) < 4.78 is 19.9. The summed E-state index contributed by atoms with van der Waals surface area (Å²) in [7, 11) is 0. The van der Waals surface area contributed by atoms with Gasteiger partial charge in [0, 0.05) is 5.56 Å². The Hall–Kier alpha value is -3.55. The lowest BCUT2D eigenvalue weighted by atomic mass is 10.2. The summed E-state index contributed by atoms with van der Waals surface area (Å²) in [6, 6.07) is 12.0. The first-order chi connectivity index (χ1) is 12.3. The highest BCUT2D eigenvalue weighted by atomic mass is 19.1. The third kappa shape index (κ3) is 2.26. The molecule has 0 aliphatic carbocycles. The maximum Gasteiger partial charge on any atom is 0.177 e. The van der Waals surface area contributed by atoms with E-state index < -0.39 is 0 Å². The number of halogens is 1. The van der Waals surface area contributed by atoms with Gasteiger partial charge in [0.15, 0.2) is 5.65 Å². The molecule has 0 saturated heterocycles. The molecule has 5 rings (SSSR count). The number of aromatic amines is 1. The average Bonchev–Trinajstić information content (AvgIpc) is 3.31. The molecular formula is C17H11FN6O. The predicted octanol–water partition coefficient (Wildman–Crippen LogP) is 3.15. The number of hydrogen-bond donors (Lipinski definition) is 1. The number of imidazole rings is 1.